The van der Waals surface area contributed by atoms with E-state index >= 15 is 0 Å². The average molecular weight is 440 g/mol. The molecule has 32 heavy (non-hydrogen) atoms. The number of anilines is 1. The van der Waals surface area contributed by atoms with Crippen LogP contribution in [0.4, 0.5) is 5.69 Å². The molecule has 0 aromatic heterocycles. The summed E-state index contributed by atoms with van der Waals surface area (Å²) in [6.07, 6.45) is 1.65. The Bertz CT molecular complexity index is 1030. The quantitative estimate of drug-likeness (QED) is 0.442. The lowest BCUT2D eigenvalue weighted by molar-refractivity contribution is -0.148. The van der Waals surface area contributed by atoms with Crippen LogP contribution in [0.15, 0.2) is 42.5 Å². The third-order valence-corrected chi connectivity index (χ3v) is 4.22. The number of nitrogens with one attached hydrogen (secondary N) is 1. The predicted molar refractivity (Wildman–Crippen MR) is 117 cm³/mol. The Morgan fingerprint density at radius 3 is 2.41 bits per heavy atom. The molecule has 0 saturated heterocycles. The molecule has 0 aliphatic heterocycles. The minimum Gasteiger partial charge on any atom is -0.497 e. The highest BCUT2D eigenvalue weighted by molar-refractivity contribution is 5.97. The second-order valence-corrected chi connectivity index (χ2v) is 6.32. The first kappa shape index (κ1) is 24.1. The summed E-state index contributed by atoms with van der Waals surface area (Å²) in [5, 5.41) is 11.3. The van der Waals surface area contributed by atoms with E-state index in [0.29, 0.717) is 34.2 Å². The van der Waals surface area contributed by atoms with Crippen LogP contribution in [0.5, 0.6) is 23.0 Å². The number of ether oxygens (including phenoxy) is 5. The Morgan fingerprint density at radius 2 is 1.75 bits per heavy atom. The summed E-state index contributed by atoms with van der Waals surface area (Å²) in [6.45, 7) is 1.34. The van der Waals surface area contributed by atoms with Gasteiger partial charge in [0.25, 0.3) is 5.91 Å². The number of nitriles is 1. The van der Waals surface area contributed by atoms with E-state index in [-0.39, 0.29) is 6.61 Å². The Kier molecular flexibility index (Phi) is 8.92. The molecule has 0 radical (unpaired) electrons. The number of carbonyl (C=O) groups is 2. The molecule has 2 rings (SSSR count). The molecule has 1 atom stereocenters. The molecule has 0 saturated carbocycles. The fourth-order valence-corrected chi connectivity index (χ4v) is 2.59. The van der Waals surface area contributed by atoms with Gasteiger partial charge in [-0.2, -0.15) is 5.26 Å². The van der Waals surface area contributed by atoms with Gasteiger partial charge in [-0.15, -0.1) is 0 Å². The summed E-state index contributed by atoms with van der Waals surface area (Å²) < 4.78 is 26.0. The fourth-order valence-electron chi connectivity index (χ4n) is 2.59. The molecular formula is C23H24N2O7. The smallest absolute Gasteiger partial charge is 0.331 e. The number of esters is 1. The van der Waals surface area contributed by atoms with Crippen molar-refractivity contribution in [3.05, 3.63) is 48.0 Å². The van der Waals surface area contributed by atoms with Crippen LogP contribution in [0.2, 0.25) is 0 Å². The van der Waals surface area contributed by atoms with Crippen molar-refractivity contribution in [2.75, 3.05) is 33.3 Å². The minimum absolute atomic E-state index is 0.112. The number of benzene rings is 2. The van der Waals surface area contributed by atoms with Crippen LogP contribution < -0.4 is 24.3 Å². The van der Waals surface area contributed by atoms with Crippen LogP contribution in [0.1, 0.15) is 12.5 Å². The SMILES string of the molecule is COc1ccc(OC)c(NC(=O)C(C)OC(=O)/C=C/c2ccc(OCC#N)c(OC)c2)c1. The Labute approximate surface area is 186 Å². The first-order valence-electron chi connectivity index (χ1n) is 9.51. The van der Waals surface area contributed by atoms with Crippen molar-refractivity contribution >= 4 is 23.6 Å². The Balaban J connectivity index is 2.00. The Morgan fingerprint density at radius 1 is 1.03 bits per heavy atom. The van der Waals surface area contributed by atoms with Gasteiger partial charge in [0.15, 0.2) is 24.2 Å². The van der Waals surface area contributed by atoms with Crippen molar-refractivity contribution in [1.82, 2.24) is 0 Å². The lowest BCUT2D eigenvalue weighted by Gasteiger charge is -2.15. The topological polar surface area (TPSA) is 116 Å². The van der Waals surface area contributed by atoms with E-state index in [2.05, 4.69) is 5.32 Å². The van der Waals surface area contributed by atoms with Gasteiger partial charge in [-0.25, -0.2) is 4.79 Å². The molecule has 168 valence electrons. The molecule has 0 aliphatic rings. The third-order valence-electron chi connectivity index (χ3n) is 4.22. The second kappa shape index (κ2) is 11.9. The van der Waals surface area contributed by atoms with E-state index in [1.54, 1.807) is 36.4 Å². The largest absolute Gasteiger partial charge is 0.497 e. The molecule has 0 spiro atoms. The zero-order valence-electron chi connectivity index (χ0n) is 18.2. The molecule has 2 aromatic carbocycles. The molecule has 9 heteroatoms. The number of carbonyl (C=O) groups excluding carboxylic acids is 2. The van der Waals surface area contributed by atoms with Gasteiger partial charge in [0, 0.05) is 12.1 Å². The van der Waals surface area contributed by atoms with Crippen LogP contribution >= 0.6 is 0 Å². The van der Waals surface area contributed by atoms with E-state index in [1.807, 2.05) is 6.07 Å². The van der Waals surface area contributed by atoms with Crippen LogP contribution in [-0.4, -0.2) is 45.9 Å². The van der Waals surface area contributed by atoms with Gasteiger partial charge in [0.05, 0.1) is 27.0 Å². The average Bonchev–Trinajstić information content (AvgIpc) is 2.81. The monoisotopic (exact) mass is 440 g/mol. The molecular weight excluding hydrogens is 416 g/mol. The third kappa shape index (κ3) is 6.67. The summed E-state index contributed by atoms with van der Waals surface area (Å²) in [5.74, 6) is 0.567. The van der Waals surface area contributed by atoms with E-state index < -0.39 is 18.0 Å². The highest BCUT2D eigenvalue weighted by Crippen LogP contribution is 2.29. The molecule has 1 amide bonds. The molecule has 0 fully saturated rings. The lowest BCUT2D eigenvalue weighted by Crippen LogP contribution is -2.29. The summed E-state index contributed by atoms with van der Waals surface area (Å²) >= 11 is 0. The van der Waals surface area contributed by atoms with E-state index in [4.69, 9.17) is 28.9 Å². The van der Waals surface area contributed by atoms with Crippen molar-refractivity contribution in [3.63, 3.8) is 0 Å². The van der Waals surface area contributed by atoms with Crippen LogP contribution in [0.25, 0.3) is 6.08 Å². The number of amides is 1. The van der Waals surface area contributed by atoms with Crippen molar-refractivity contribution in [1.29, 1.82) is 5.26 Å². The van der Waals surface area contributed by atoms with Gasteiger partial charge >= 0.3 is 5.97 Å². The summed E-state index contributed by atoms with van der Waals surface area (Å²) in [7, 11) is 4.45. The summed E-state index contributed by atoms with van der Waals surface area (Å²) in [5.41, 5.74) is 1.03. The van der Waals surface area contributed by atoms with Crippen LogP contribution in [0, 0.1) is 11.3 Å². The van der Waals surface area contributed by atoms with Gasteiger partial charge in [0.1, 0.15) is 17.6 Å². The zero-order valence-corrected chi connectivity index (χ0v) is 18.2. The number of methoxy groups -OCH3 is 3. The van der Waals surface area contributed by atoms with Gasteiger partial charge in [-0.05, 0) is 42.8 Å². The van der Waals surface area contributed by atoms with Crippen molar-refractivity contribution in [2.45, 2.75) is 13.0 Å². The van der Waals surface area contributed by atoms with E-state index in [1.165, 1.54) is 40.4 Å². The maximum Gasteiger partial charge on any atom is 0.331 e. The first-order chi connectivity index (χ1) is 15.4. The van der Waals surface area contributed by atoms with Crippen molar-refractivity contribution in [3.8, 4) is 29.1 Å². The number of nitrogens with zero attached hydrogens (tertiary/aromatic N) is 1. The Hall–Kier alpha value is -4.19. The standard InChI is InChI=1S/C23H24N2O7/c1-15(23(27)25-18-14-17(28-2)7-9-19(18)29-3)32-22(26)10-6-16-5-8-20(31-12-11-24)21(13-16)30-4/h5-10,13-15H,12H2,1-4H3,(H,25,27)/b10-6+. The maximum absolute atomic E-state index is 12.4. The number of hydrogen-bond donors (Lipinski definition) is 1. The molecule has 1 N–H and O–H groups in total. The minimum atomic E-state index is -1.06. The molecule has 0 bridgehead atoms. The van der Waals surface area contributed by atoms with Gasteiger partial charge in [0.2, 0.25) is 0 Å². The van der Waals surface area contributed by atoms with Crippen LogP contribution in [-0.2, 0) is 14.3 Å². The summed E-state index contributed by atoms with van der Waals surface area (Å²) in [6, 6.07) is 11.8. The molecule has 9 nitrogen and oxygen atoms in total. The van der Waals surface area contributed by atoms with Crippen molar-refractivity contribution < 1.29 is 33.3 Å². The number of rotatable bonds is 10. The predicted octanol–water partition coefficient (Wildman–Crippen LogP) is 3.20. The van der Waals surface area contributed by atoms with Crippen molar-refractivity contribution in [2.24, 2.45) is 0 Å². The molecule has 2 aromatic rings. The van der Waals surface area contributed by atoms with Gasteiger partial charge < -0.3 is 29.0 Å². The van der Waals surface area contributed by atoms with E-state index in [0.717, 1.165) is 0 Å². The van der Waals surface area contributed by atoms with Gasteiger partial charge in [-0.3, -0.25) is 4.79 Å². The molecule has 1 unspecified atom stereocenters. The normalized spacial score (nSPS) is 11.2. The molecule has 0 aliphatic carbocycles. The zero-order chi connectivity index (χ0) is 23.5. The highest BCUT2D eigenvalue weighted by Gasteiger charge is 2.18. The van der Waals surface area contributed by atoms with E-state index in [9.17, 15) is 9.59 Å². The first-order valence-corrected chi connectivity index (χ1v) is 9.51. The number of hydrogen-bond acceptors (Lipinski definition) is 8. The second-order valence-electron chi connectivity index (χ2n) is 6.32. The maximum atomic E-state index is 12.4. The highest BCUT2D eigenvalue weighted by atomic mass is 16.5. The van der Waals surface area contributed by atoms with Gasteiger partial charge in [-0.1, -0.05) is 6.07 Å². The van der Waals surface area contributed by atoms with Crippen LogP contribution in [0.3, 0.4) is 0 Å². The molecule has 0 heterocycles. The summed E-state index contributed by atoms with van der Waals surface area (Å²) in [4.78, 5) is 24.6. The fraction of sp³-hybridized carbons (Fsp3) is 0.261. The lowest BCUT2D eigenvalue weighted by atomic mass is 10.2.